The van der Waals surface area contributed by atoms with Gasteiger partial charge in [0.1, 0.15) is 0 Å². The van der Waals surface area contributed by atoms with Crippen molar-refractivity contribution in [3.8, 4) is 0 Å². The fourth-order valence-electron chi connectivity index (χ4n) is 2.78. The lowest BCUT2D eigenvalue weighted by molar-refractivity contribution is -0.149. The van der Waals surface area contributed by atoms with Crippen LogP contribution in [0.25, 0.3) is 0 Å². The van der Waals surface area contributed by atoms with E-state index in [0.29, 0.717) is 19.5 Å². The molecule has 2 fully saturated rings. The molecule has 6 nitrogen and oxygen atoms in total. The highest BCUT2D eigenvalue weighted by Gasteiger charge is 2.37. The first-order valence-electron chi connectivity index (χ1n) is 6.50. The van der Waals surface area contributed by atoms with Crippen LogP contribution in [0.4, 0.5) is 0 Å². The van der Waals surface area contributed by atoms with E-state index in [0.717, 1.165) is 12.8 Å². The quantitative estimate of drug-likeness (QED) is 0.659. The Balaban J connectivity index is 1.98. The maximum absolute atomic E-state index is 12.3. The van der Waals surface area contributed by atoms with Gasteiger partial charge in [-0.3, -0.25) is 9.59 Å². The van der Waals surface area contributed by atoms with E-state index >= 15 is 0 Å². The molecule has 0 aromatic carbocycles. The first-order chi connectivity index (χ1) is 8.93. The van der Waals surface area contributed by atoms with E-state index in [4.69, 9.17) is 4.74 Å². The van der Waals surface area contributed by atoms with E-state index in [1.54, 1.807) is 4.90 Å². The summed E-state index contributed by atoms with van der Waals surface area (Å²) < 4.78 is 27.5. The van der Waals surface area contributed by atoms with Crippen LogP contribution in [0.1, 0.15) is 19.3 Å². The largest absolute Gasteiger partial charge is 0.469 e. The predicted octanol–water partition coefficient (Wildman–Crippen LogP) is -0.167. The molecule has 7 heteroatoms. The number of carbonyl (C=O) groups is 2. The molecular formula is C12H19NO5S. The van der Waals surface area contributed by atoms with E-state index < -0.39 is 15.8 Å². The van der Waals surface area contributed by atoms with Gasteiger partial charge in [-0.1, -0.05) is 0 Å². The zero-order chi connectivity index (χ0) is 14.0. The minimum absolute atomic E-state index is 0.0504. The zero-order valence-electron chi connectivity index (χ0n) is 11.0. The molecule has 1 amide bonds. The second-order valence-electron chi connectivity index (χ2n) is 5.25. The predicted molar refractivity (Wildman–Crippen MR) is 68.1 cm³/mol. The first-order valence-corrected chi connectivity index (χ1v) is 8.32. The summed E-state index contributed by atoms with van der Waals surface area (Å²) in [5.74, 6) is -1.09. The van der Waals surface area contributed by atoms with Crippen molar-refractivity contribution >= 4 is 21.7 Å². The lowest BCUT2D eigenvalue weighted by atomic mass is 9.96. The van der Waals surface area contributed by atoms with E-state index in [2.05, 4.69) is 0 Å². The third-order valence-electron chi connectivity index (χ3n) is 3.85. The van der Waals surface area contributed by atoms with Crippen LogP contribution in [0.2, 0.25) is 0 Å². The number of nitrogens with zero attached hydrogens (tertiary/aromatic N) is 1. The van der Waals surface area contributed by atoms with Crippen molar-refractivity contribution in [2.45, 2.75) is 19.3 Å². The van der Waals surface area contributed by atoms with Crippen molar-refractivity contribution in [1.29, 1.82) is 0 Å². The van der Waals surface area contributed by atoms with E-state index in [1.165, 1.54) is 7.11 Å². The Morgan fingerprint density at radius 3 is 2.53 bits per heavy atom. The van der Waals surface area contributed by atoms with Crippen LogP contribution in [0, 0.1) is 11.8 Å². The molecule has 2 atom stereocenters. The van der Waals surface area contributed by atoms with Gasteiger partial charge in [0, 0.05) is 13.1 Å². The van der Waals surface area contributed by atoms with Gasteiger partial charge in [-0.05, 0) is 19.3 Å². The van der Waals surface area contributed by atoms with Gasteiger partial charge >= 0.3 is 5.97 Å². The molecule has 0 aromatic rings. The van der Waals surface area contributed by atoms with Crippen LogP contribution in [-0.4, -0.2) is 56.9 Å². The highest BCUT2D eigenvalue weighted by atomic mass is 32.2. The van der Waals surface area contributed by atoms with Crippen molar-refractivity contribution in [1.82, 2.24) is 4.90 Å². The summed E-state index contributed by atoms with van der Waals surface area (Å²) >= 11 is 0. The molecule has 0 N–H and O–H groups in total. The maximum Gasteiger partial charge on any atom is 0.310 e. The Morgan fingerprint density at radius 2 is 1.95 bits per heavy atom. The third kappa shape index (κ3) is 3.26. The number of rotatable bonds is 2. The van der Waals surface area contributed by atoms with Crippen LogP contribution in [0.5, 0.6) is 0 Å². The Kier molecular flexibility index (Phi) is 4.13. The molecule has 2 heterocycles. The zero-order valence-corrected chi connectivity index (χ0v) is 11.8. The molecule has 0 bridgehead atoms. The summed E-state index contributed by atoms with van der Waals surface area (Å²) in [6, 6.07) is 0. The fraction of sp³-hybridized carbons (Fsp3) is 0.833. The second kappa shape index (κ2) is 5.48. The number of carbonyl (C=O) groups excluding carboxylic acids is 2. The fourth-order valence-corrected chi connectivity index (χ4v) is 4.52. The number of hydrogen-bond acceptors (Lipinski definition) is 5. The van der Waals surface area contributed by atoms with Gasteiger partial charge in [-0.15, -0.1) is 0 Å². The topological polar surface area (TPSA) is 80.8 Å². The van der Waals surface area contributed by atoms with Crippen molar-refractivity contribution in [3.63, 3.8) is 0 Å². The van der Waals surface area contributed by atoms with Crippen molar-refractivity contribution in [3.05, 3.63) is 0 Å². The molecule has 0 spiro atoms. The van der Waals surface area contributed by atoms with Crippen LogP contribution in [0.15, 0.2) is 0 Å². The number of sulfone groups is 1. The standard InChI is InChI=1S/C12H19NO5S/c1-18-12(15)9-3-2-5-13(7-9)11(14)10-4-6-19(16,17)8-10/h9-10H,2-8H2,1H3/t9-,10?/m0/s1. The van der Waals surface area contributed by atoms with Crippen LogP contribution in [-0.2, 0) is 24.2 Å². The SMILES string of the molecule is COC(=O)[C@H]1CCCN(C(=O)C2CCS(=O)(=O)C2)C1. The third-order valence-corrected chi connectivity index (χ3v) is 5.62. The van der Waals surface area contributed by atoms with Gasteiger partial charge in [0.05, 0.1) is 30.5 Å². The number of methoxy groups -OCH3 is 1. The minimum Gasteiger partial charge on any atom is -0.469 e. The van der Waals surface area contributed by atoms with Crippen molar-refractivity contribution in [2.24, 2.45) is 11.8 Å². The highest BCUT2D eigenvalue weighted by molar-refractivity contribution is 7.91. The van der Waals surface area contributed by atoms with Gasteiger partial charge in [0.2, 0.25) is 5.91 Å². The molecule has 0 aromatic heterocycles. The smallest absolute Gasteiger partial charge is 0.310 e. The molecule has 0 aliphatic carbocycles. The van der Waals surface area contributed by atoms with Crippen LogP contribution >= 0.6 is 0 Å². The van der Waals surface area contributed by atoms with Gasteiger partial charge in [-0.25, -0.2) is 8.42 Å². The Labute approximate surface area is 113 Å². The van der Waals surface area contributed by atoms with Crippen molar-refractivity contribution < 1.29 is 22.7 Å². The number of amides is 1. The second-order valence-corrected chi connectivity index (χ2v) is 7.48. The summed E-state index contributed by atoms with van der Waals surface area (Å²) in [7, 11) is -1.71. The molecule has 2 aliphatic rings. The Hall–Kier alpha value is -1.11. The minimum atomic E-state index is -3.05. The summed E-state index contributed by atoms with van der Waals surface area (Å²) in [5.41, 5.74) is 0. The molecule has 0 radical (unpaired) electrons. The summed E-state index contributed by atoms with van der Waals surface area (Å²) in [4.78, 5) is 25.4. The van der Waals surface area contributed by atoms with Gasteiger partial charge in [-0.2, -0.15) is 0 Å². The summed E-state index contributed by atoms with van der Waals surface area (Å²) in [6.07, 6.45) is 1.88. The molecule has 2 rings (SSSR count). The molecule has 1 unspecified atom stereocenters. The maximum atomic E-state index is 12.3. The summed E-state index contributed by atoms with van der Waals surface area (Å²) in [6.45, 7) is 0.949. The number of esters is 1. The van der Waals surface area contributed by atoms with E-state index in [9.17, 15) is 18.0 Å². The molecular weight excluding hydrogens is 270 g/mol. The molecule has 2 saturated heterocycles. The Bertz CT molecular complexity index is 473. The molecule has 0 saturated carbocycles. The number of hydrogen-bond donors (Lipinski definition) is 0. The van der Waals surface area contributed by atoms with Gasteiger partial charge < -0.3 is 9.64 Å². The number of ether oxygens (including phenoxy) is 1. The monoisotopic (exact) mass is 289 g/mol. The highest BCUT2D eigenvalue weighted by Crippen LogP contribution is 2.24. The van der Waals surface area contributed by atoms with Crippen LogP contribution < -0.4 is 0 Å². The first kappa shape index (κ1) is 14.3. The van der Waals surface area contributed by atoms with E-state index in [1.807, 2.05) is 0 Å². The van der Waals surface area contributed by atoms with E-state index in [-0.39, 0.29) is 29.3 Å². The molecule has 108 valence electrons. The Morgan fingerprint density at radius 1 is 1.21 bits per heavy atom. The number of piperidine rings is 1. The van der Waals surface area contributed by atoms with Gasteiger partial charge in [0.15, 0.2) is 9.84 Å². The summed E-state index contributed by atoms with van der Waals surface area (Å²) in [5, 5.41) is 0. The lowest BCUT2D eigenvalue weighted by Crippen LogP contribution is -2.45. The lowest BCUT2D eigenvalue weighted by Gasteiger charge is -2.32. The average Bonchev–Trinajstić information content (AvgIpc) is 2.77. The van der Waals surface area contributed by atoms with Crippen LogP contribution in [0.3, 0.4) is 0 Å². The molecule has 2 aliphatic heterocycles. The molecule has 19 heavy (non-hydrogen) atoms. The van der Waals surface area contributed by atoms with Crippen molar-refractivity contribution in [2.75, 3.05) is 31.7 Å². The number of likely N-dealkylation sites (tertiary alicyclic amines) is 1. The normalized spacial score (nSPS) is 30.1. The average molecular weight is 289 g/mol. The van der Waals surface area contributed by atoms with Gasteiger partial charge in [0.25, 0.3) is 0 Å².